The molecule has 0 aliphatic rings. The van der Waals surface area contributed by atoms with Crippen LogP contribution in [0.1, 0.15) is 23.7 Å². The summed E-state index contributed by atoms with van der Waals surface area (Å²) in [6.45, 7) is 1.85. The maximum Gasteiger partial charge on any atom is 0.339 e. The van der Waals surface area contributed by atoms with Crippen LogP contribution in [-0.4, -0.2) is 33.8 Å². The number of aromatic carboxylic acids is 1. The van der Waals surface area contributed by atoms with Crippen molar-refractivity contribution < 1.29 is 15.0 Å². The van der Waals surface area contributed by atoms with Crippen LogP contribution in [0.4, 0.5) is 5.82 Å². The Kier molecular flexibility index (Phi) is 4.05. The summed E-state index contributed by atoms with van der Waals surface area (Å²) >= 11 is 0. The van der Waals surface area contributed by atoms with Gasteiger partial charge in [-0.15, -0.1) is 0 Å². The van der Waals surface area contributed by atoms with Crippen LogP contribution < -0.4 is 5.32 Å². The Labute approximate surface area is 87.8 Å². The number of nitrogens with one attached hydrogen (secondary N) is 1. The van der Waals surface area contributed by atoms with Gasteiger partial charge in [0.25, 0.3) is 0 Å². The molecular weight excluding hydrogens is 196 g/mol. The molecule has 1 atom stereocenters. The largest absolute Gasteiger partial charge is 0.478 e. The molecule has 0 aliphatic heterocycles. The van der Waals surface area contributed by atoms with Gasteiger partial charge in [-0.05, 0) is 18.6 Å². The number of hydrogen-bond donors (Lipinski definition) is 3. The van der Waals surface area contributed by atoms with E-state index < -0.39 is 5.97 Å². The van der Waals surface area contributed by atoms with E-state index in [-0.39, 0.29) is 18.2 Å². The van der Waals surface area contributed by atoms with E-state index in [0.29, 0.717) is 12.2 Å². The van der Waals surface area contributed by atoms with Crippen molar-refractivity contribution in [3.63, 3.8) is 0 Å². The molecule has 0 aromatic carbocycles. The van der Waals surface area contributed by atoms with E-state index in [2.05, 4.69) is 10.3 Å². The molecule has 0 amide bonds. The zero-order chi connectivity index (χ0) is 11.3. The van der Waals surface area contributed by atoms with Gasteiger partial charge in [-0.1, -0.05) is 6.92 Å². The van der Waals surface area contributed by atoms with Gasteiger partial charge in [-0.25, -0.2) is 9.78 Å². The number of carbonyl (C=O) groups is 1. The van der Waals surface area contributed by atoms with Gasteiger partial charge < -0.3 is 15.5 Å². The lowest BCUT2D eigenvalue weighted by Gasteiger charge is -2.15. The molecule has 5 nitrogen and oxygen atoms in total. The molecule has 1 heterocycles. The van der Waals surface area contributed by atoms with E-state index in [1.807, 2.05) is 6.92 Å². The first-order valence-corrected chi connectivity index (χ1v) is 4.74. The summed E-state index contributed by atoms with van der Waals surface area (Å²) in [5.74, 6) is -0.732. The summed E-state index contributed by atoms with van der Waals surface area (Å²) in [5.41, 5.74) is 0.115. The molecule has 0 aliphatic carbocycles. The molecule has 15 heavy (non-hydrogen) atoms. The molecule has 0 spiro atoms. The smallest absolute Gasteiger partial charge is 0.339 e. The zero-order valence-corrected chi connectivity index (χ0v) is 8.47. The molecule has 3 N–H and O–H groups in total. The summed E-state index contributed by atoms with van der Waals surface area (Å²) in [4.78, 5) is 14.8. The zero-order valence-electron chi connectivity index (χ0n) is 8.47. The summed E-state index contributed by atoms with van der Waals surface area (Å²) in [7, 11) is 0. The second-order valence-corrected chi connectivity index (χ2v) is 3.14. The van der Waals surface area contributed by atoms with Crippen LogP contribution >= 0.6 is 0 Å². The number of carboxylic acids is 1. The lowest BCUT2D eigenvalue weighted by atomic mass is 10.2. The number of anilines is 1. The molecule has 1 aromatic heterocycles. The Morgan fingerprint density at radius 2 is 2.40 bits per heavy atom. The topological polar surface area (TPSA) is 82.5 Å². The average Bonchev–Trinajstić information content (AvgIpc) is 2.26. The fourth-order valence-electron chi connectivity index (χ4n) is 1.16. The minimum atomic E-state index is -1.03. The van der Waals surface area contributed by atoms with Gasteiger partial charge in [0.2, 0.25) is 0 Å². The standard InChI is InChI=1S/C10H14N2O3/c1-2-7(6-13)12-9-8(10(14)15)4-3-5-11-9/h3-5,7,13H,2,6H2,1H3,(H,11,12)(H,14,15). The van der Waals surface area contributed by atoms with Crippen LogP contribution in [0.15, 0.2) is 18.3 Å². The Morgan fingerprint density at radius 3 is 2.93 bits per heavy atom. The highest BCUT2D eigenvalue weighted by molar-refractivity contribution is 5.93. The number of rotatable bonds is 5. The van der Waals surface area contributed by atoms with Crippen molar-refractivity contribution in [1.82, 2.24) is 4.98 Å². The summed E-state index contributed by atoms with van der Waals surface area (Å²) < 4.78 is 0. The number of aliphatic hydroxyl groups excluding tert-OH is 1. The van der Waals surface area contributed by atoms with Gasteiger partial charge in [0.05, 0.1) is 12.6 Å². The number of carboxylic acid groups (broad SMARTS) is 1. The highest BCUT2D eigenvalue weighted by Crippen LogP contribution is 2.13. The molecule has 1 unspecified atom stereocenters. The summed E-state index contributed by atoms with van der Waals surface area (Å²) in [6, 6.07) is 2.87. The van der Waals surface area contributed by atoms with Gasteiger partial charge in [0, 0.05) is 6.20 Å². The average molecular weight is 210 g/mol. The Bertz CT molecular complexity index is 337. The van der Waals surface area contributed by atoms with E-state index in [0.717, 1.165) is 0 Å². The number of aromatic nitrogens is 1. The Balaban J connectivity index is 2.88. The minimum Gasteiger partial charge on any atom is -0.478 e. The molecule has 1 aromatic rings. The van der Waals surface area contributed by atoms with Gasteiger partial charge in [-0.3, -0.25) is 0 Å². The minimum absolute atomic E-state index is 0.0495. The molecule has 0 bridgehead atoms. The number of hydrogen-bond acceptors (Lipinski definition) is 4. The second-order valence-electron chi connectivity index (χ2n) is 3.14. The van der Waals surface area contributed by atoms with Gasteiger partial charge in [0.15, 0.2) is 0 Å². The van der Waals surface area contributed by atoms with Crippen molar-refractivity contribution in [1.29, 1.82) is 0 Å². The van der Waals surface area contributed by atoms with Crippen molar-refractivity contribution in [2.75, 3.05) is 11.9 Å². The van der Waals surface area contributed by atoms with Gasteiger partial charge >= 0.3 is 5.97 Å². The van der Waals surface area contributed by atoms with Crippen LogP contribution in [0.5, 0.6) is 0 Å². The van der Waals surface area contributed by atoms with Crippen LogP contribution in [0, 0.1) is 0 Å². The predicted molar refractivity (Wildman–Crippen MR) is 56.0 cm³/mol. The van der Waals surface area contributed by atoms with Crippen molar-refractivity contribution in [2.24, 2.45) is 0 Å². The van der Waals surface area contributed by atoms with E-state index in [1.54, 1.807) is 6.07 Å². The molecule has 0 saturated carbocycles. The first-order chi connectivity index (χ1) is 7.19. The van der Waals surface area contributed by atoms with Crippen LogP contribution in [0.2, 0.25) is 0 Å². The number of nitrogens with zero attached hydrogens (tertiary/aromatic N) is 1. The maximum atomic E-state index is 10.8. The summed E-state index contributed by atoms with van der Waals surface area (Å²) in [5, 5.41) is 20.7. The third kappa shape index (κ3) is 2.92. The van der Waals surface area contributed by atoms with Crippen molar-refractivity contribution in [3.05, 3.63) is 23.9 Å². The fourth-order valence-corrected chi connectivity index (χ4v) is 1.16. The molecule has 0 fully saturated rings. The number of aliphatic hydroxyl groups is 1. The van der Waals surface area contributed by atoms with E-state index in [4.69, 9.17) is 10.2 Å². The molecule has 1 rings (SSSR count). The lowest BCUT2D eigenvalue weighted by molar-refractivity contribution is 0.0697. The molecule has 5 heteroatoms. The Morgan fingerprint density at radius 1 is 1.67 bits per heavy atom. The maximum absolute atomic E-state index is 10.8. The molecule has 0 saturated heterocycles. The van der Waals surface area contributed by atoms with Crippen LogP contribution in [0.3, 0.4) is 0 Å². The molecule has 0 radical (unpaired) electrons. The van der Waals surface area contributed by atoms with Gasteiger partial charge in [0.1, 0.15) is 11.4 Å². The van der Waals surface area contributed by atoms with E-state index >= 15 is 0 Å². The van der Waals surface area contributed by atoms with Crippen molar-refractivity contribution in [2.45, 2.75) is 19.4 Å². The predicted octanol–water partition coefficient (Wildman–Crippen LogP) is 0.963. The Hall–Kier alpha value is -1.62. The third-order valence-electron chi connectivity index (χ3n) is 2.09. The molecule has 82 valence electrons. The van der Waals surface area contributed by atoms with Crippen LogP contribution in [0.25, 0.3) is 0 Å². The van der Waals surface area contributed by atoms with E-state index in [9.17, 15) is 4.79 Å². The highest BCUT2D eigenvalue weighted by atomic mass is 16.4. The van der Waals surface area contributed by atoms with Crippen molar-refractivity contribution >= 4 is 11.8 Å². The van der Waals surface area contributed by atoms with E-state index in [1.165, 1.54) is 12.3 Å². The van der Waals surface area contributed by atoms with Crippen LogP contribution in [-0.2, 0) is 0 Å². The normalized spacial score (nSPS) is 12.1. The number of pyridine rings is 1. The quantitative estimate of drug-likeness (QED) is 0.674. The lowest BCUT2D eigenvalue weighted by Crippen LogP contribution is -2.24. The van der Waals surface area contributed by atoms with Gasteiger partial charge in [-0.2, -0.15) is 0 Å². The fraction of sp³-hybridized carbons (Fsp3) is 0.400. The first kappa shape index (κ1) is 11.5. The SMILES string of the molecule is CCC(CO)Nc1ncccc1C(=O)O. The third-order valence-corrected chi connectivity index (χ3v) is 2.09. The first-order valence-electron chi connectivity index (χ1n) is 4.74. The second kappa shape index (κ2) is 5.31. The summed E-state index contributed by atoms with van der Waals surface area (Å²) in [6.07, 6.45) is 2.21. The monoisotopic (exact) mass is 210 g/mol. The van der Waals surface area contributed by atoms with Crippen molar-refractivity contribution in [3.8, 4) is 0 Å². The highest BCUT2D eigenvalue weighted by Gasteiger charge is 2.13. The molecular formula is C10H14N2O3.